The van der Waals surface area contributed by atoms with Crippen LogP contribution in [0.4, 0.5) is 5.69 Å². The molecule has 0 spiro atoms. The molecule has 42 heavy (non-hydrogen) atoms. The minimum Gasteiger partial charge on any atom is -0.507 e. The average Bonchev–Trinajstić information content (AvgIpc) is 3.26. The zero-order valence-electron chi connectivity index (χ0n) is 22.7. The minimum atomic E-state index is -1.94. The van der Waals surface area contributed by atoms with Gasteiger partial charge in [0.15, 0.2) is 9.75 Å². The Morgan fingerprint density at radius 1 is 0.952 bits per heavy atom. The van der Waals surface area contributed by atoms with E-state index in [1.54, 1.807) is 32.1 Å². The number of carboxylic acids is 1. The van der Waals surface area contributed by atoms with Crippen molar-refractivity contribution in [2.24, 2.45) is 17.8 Å². The molecule has 0 unspecified atom stereocenters. The molecule has 0 aromatic heterocycles. The number of alkyl halides is 2. The van der Waals surface area contributed by atoms with Crippen molar-refractivity contribution in [2.45, 2.75) is 42.4 Å². The first-order valence-corrected chi connectivity index (χ1v) is 14.0. The van der Waals surface area contributed by atoms with Gasteiger partial charge in [-0.2, -0.15) is 0 Å². The summed E-state index contributed by atoms with van der Waals surface area (Å²) in [4.78, 5) is 64.2. The van der Waals surface area contributed by atoms with Crippen LogP contribution in [0.2, 0.25) is 0 Å². The Bertz CT molecular complexity index is 1660. The van der Waals surface area contributed by atoms with Crippen molar-refractivity contribution >= 4 is 58.5 Å². The molecule has 3 fully saturated rings. The van der Waals surface area contributed by atoms with E-state index in [-0.39, 0.29) is 29.8 Å². The summed E-state index contributed by atoms with van der Waals surface area (Å²) in [6.45, 7) is 3.39. The van der Waals surface area contributed by atoms with Gasteiger partial charge < -0.3 is 15.3 Å². The van der Waals surface area contributed by atoms with Gasteiger partial charge in [0.2, 0.25) is 11.8 Å². The molecule has 6 atom stereocenters. The maximum Gasteiger partial charge on any atom is 0.339 e. The molecule has 2 aromatic carbocycles. The summed E-state index contributed by atoms with van der Waals surface area (Å²) in [7, 11) is 1.31. The molecule has 2 aromatic rings. The summed E-state index contributed by atoms with van der Waals surface area (Å²) in [5.74, 6) is -7.87. The van der Waals surface area contributed by atoms with Crippen molar-refractivity contribution in [1.82, 2.24) is 4.90 Å². The van der Waals surface area contributed by atoms with Crippen molar-refractivity contribution in [3.8, 4) is 11.5 Å². The lowest BCUT2D eigenvalue weighted by molar-refractivity contribution is -0.138. The molecule has 0 bridgehead atoms. The molecule has 218 valence electrons. The van der Waals surface area contributed by atoms with E-state index in [0.29, 0.717) is 22.3 Å². The Hall–Kier alpha value is -3.89. The SMILES string of the molecule is Cc1cc([C@H]2C3=CC[C@@H]4C(=O)N(c5ccc(C(=O)O)c(O)c5)C(=O)[C@@H]4[C@@H]3C[C@@]3(Cl)C(=O)N(C)C(=O)[C@@]23Cl)cc(C)c1O. The van der Waals surface area contributed by atoms with Crippen LogP contribution >= 0.6 is 23.2 Å². The Labute approximate surface area is 250 Å². The number of phenolic OH excluding ortho intramolecular Hbond substituents is 1. The summed E-state index contributed by atoms with van der Waals surface area (Å²) in [6, 6.07) is 6.80. The second kappa shape index (κ2) is 9.05. The van der Waals surface area contributed by atoms with Crippen molar-refractivity contribution < 1.29 is 39.3 Å². The summed E-state index contributed by atoms with van der Waals surface area (Å²) >= 11 is 14.3. The van der Waals surface area contributed by atoms with Gasteiger partial charge in [-0.15, -0.1) is 23.2 Å². The summed E-state index contributed by atoms with van der Waals surface area (Å²) in [6.07, 6.45) is 1.76. The van der Waals surface area contributed by atoms with E-state index in [0.717, 1.165) is 21.9 Å². The first-order valence-electron chi connectivity index (χ1n) is 13.3. The van der Waals surface area contributed by atoms with E-state index in [1.165, 1.54) is 13.1 Å². The predicted octanol–water partition coefficient (Wildman–Crippen LogP) is 3.61. The Kier molecular flexibility index (Phi) is 6.09. The fraction of sp³-hybridized carbons (Fsp3) is 0.367. The van der Waals surface area contributed by atoms with E-state index in [1.807, 2.05) is 0 Å². The number of likely N-dealkylation sites (tertiary alicyclic amines) is 1. The normalized spacial score (nSPS) is 32.1. The molecule has 4 amide bonds. The zero-order valence-corrected chi connectivity index (χ0v) is 24.2. The highest BCUT2D eigenvalue weighted by atomic mass is 35.5. The first kappa shape index (κ1) is 28.2. The number of anilines is 1. The summed E-state index contributed by atoms with van der Waals surface area (Å²) < 4.78 is 0. The number of imide groups is 2. The molecular weight excluding hydrogens is 587 g/mol. The van der Waals surface area contributed by atoms with Gasteiger partial charge in [0.1, 0.15) is 17.1 Å². The van der Waals surface area contributed by atoms with E-state index < -0.39 is 68.8 Å². The lowest BCUT2D eigenvalue weighted by atomic mass is 9.56. The quantitative estimate of drug-likeness (QED) is 0.270. The number of benzene rings is 2. The van der Waals surface area contributed by atoms with Crippen LogP contribution < -0.4 is 4.90 Å². The largest absolute Gasteiger partial charge is 0.507 e. The number of allylic oxidation sites excluding steroid dienone is 2. The topological polar surface area (TPSA) is 153 Å². The van der Waals surface area contributed by atoms with E-state index in [2.05, 4.69) is 0 Å². The number of halogens is 2. The number of hydrogen-bond acceptors (Lipinski definition) is 7. The molecule has 2 aliphatic heterocycles. The Balaban J connectivity index is 1.50. The molecule has 4 aliphatic rings. The number of nitrogens with zero attached hydrogens (tertiary/aromatic N) is 2. The molecule has 0 radical (unpaired) electrons. The highest BCUT2D eigenvalue weighted by molar-refractivity contribution is 6.53. The fourth-order valence-electron chi connectivity index (χ4n) is 7.37. The van der Waals surface area contributed by atoms with Crippen LogP contribution in [0.3, 0.4) is 0 Å². The molecule has 10 nitrogen and oxygen atoms in total. The number of hydrogen-bond donors (Lipinski definition) is 3. The number of aromatic hydroxyl groups is 2. The summed E-state index contributed by atoms with van der Waals surface area (Å²) in [5.41, 5.74) is 1.82. The van der Waals surface area contributed by atoms with Gasteiger partial charge in [-0.1, -0.05) is 23.8 Å². The van der Waals surface area contributed by atoms with Crippen LogP contribution in [0.15, 0.2) is 42.0 Å². The Morgan fingerprint density at radius 3 is 2.19 bits per heavy atom. The van der Waals surface area contributed by atoms with Crippen LogP contribution in [0.1, 0.15) is 45.8 Å². The lowest BCUT2D eigenvalue weighted by Gasteiger charge is -2.51. The molecule has 6 rings (SSSR count). The van der Waals surface area contributed by atoms with Crippen LogP contribution in [0.25, 0.3) is 0 Å². The lowest BCUT2D eigenvalue weighted by Crippen LogP contribution is -2.60. The third-order valence-electron chi connectivity index (χ3n) is 9.33. The highest BCUT2D eigenvalue weighted by Gasteiger charge is 2.75. The van der Waals surface area contributed by atoms with E-state index >= 15 is 0 Å². The smallest absolute Gasteiger partial charge is 0.339 e. The molecule has 2 heterocycles. The number of carbonyl (C=O) groups is 5. The summed E-state index contributed by atoms with van der Waals surface area (Å²) in [5, 5.41) is 30.0. The van der Waals surface area contributed by atoms with Gasteiger partial charge in [0, 0.05) is 19.0 Å². The zero-order chi connectivity index (χ0) is 30.6. The molecule has 12 heteroatoms. The van der Waals surface area contributed by atoms with Gasteiger partial charge >= 0.3 is 5.97 Å². The van der Waals surface area contributed by atoms with Crippen LogP contribution in [0, 0.1) is 31.6 Å². The van der Waals surface area contributed by atoms with Gasteiger partial charge in [-0.3, -0.25) is 24.1 Å². The average molecular weight is 613 g/mol. The molecule has 1 saturated carbocycles. The predicted molar refractivity (Wildman–Crippen MR) is 151 cm³/mol. The fourth-order valence-corrected chi connectivity index (χ4v) is 8.39. The van der Waals surface area contributed by atoms with E-state index in [4.69, 9.17) is 23.2 Å². The van der Waals surface area contributed by atoms with Crippen molar-refractivity contribution in [3.63, 3.8) is 0 Å². The second-order valence-corrected chi connectivity index (χ2v) is 12.8. The molecule has 2 aliphatic carbocycles. The second-order valence-electron chi connectivity index (χ2n) is 11.5. The highest BCUT2D eigenvalue weighted by Crippen LogP contribution is 2.65. The number of rotatable bonds is 3. The standard InChI is InChI=1S/C30H26Cl2N2O8/c1-12-8-14(9-13(2)23(12)36)22-16-6-7-18-21(19(16)11-29(31)27(41)33(3)28(42)30(22,29)32)25(38)34(24(18)37)15-4-5-17(26(39)40)20(35)10-15/h4-6,8-10,18-19,21-22,35-36H,7,11H2,1-3H3,(H,39,40)/t18-,19+,21-,22-,29+,30-/m0/s1. The van der Waals surface area contributed by atoms with Crippen LogP contribution in [0.5, 0.6) is 11.5 Å². The first-order chi connectivity index (χ1) is 19.6. The number of fused-ring (bicyclic) bond motifs is 4. The van der Waals surface area contributed by atoms with Gasteiger partial charge in [-0.05, 0) is 61.4 Å². The van der Waals surface area contributed by atoms with Crippen LogP contribution in [-0.4, -0.2) is 66.6 Å². The number of phenols is 2. The monoisotopic (exact) mass is 612 g/mol. The number of amides is 4. The van der Waals surface area contributed by atoms with Gasteiger partial charge in [0.05, 0.1) is 17.5 Å². The number of aromatic carboxylic acids is 1. The maximum absolute atomic E-state index is 14.0. The molecule has 3 N–H and O–H groups in total. The number of carboxylic acid groups (broad SMARTS) is 1. The molecule has 2 saturated heterocycles. The maximum atomic E-state index is 14.0. The number of carbonyl (C=O) groups excluding carboxylic acids is 4. The van der Waals surface area contributed by atoms with Gasteiger partial charge in [-0.25, -0.2) is 9.69 Å². The molecular formula is C30H26Cl2N2O8. The van der Waals surface area contributed by atoms with E-state index in [9.17, 15) is 39.3 Å². The van der Waals surface area contributed by atoms with Crippen molar-refractivity contribution in [2.75, 3.05) is 11.9 Å². The Morgan fingerprint density at radius 2 is 1.60 bits per heavy atom. The number of aryl methyl sites for hydroxylation is 2. The van der Waals surface area contributed by atoms with Gasteiger partial charge in [0.25, 0.3) is 11.8 Å². The minimum absolute atomic E-state index is 0.0136. The van der Waals surface area contributed by atoms with Crippen molar-refractivity contribution in [1.29, 1.82) is 0 Å². The third kappa shape index (κ3) is 3.42. The third-order valence-corrected chi connectivity index (χ3v) is 10.7. The van der Waals surface area contributed by atoms with Crippen molar-refractivity contribution in [3.05, 3.63) is 64.2 Å². The van der Waals surface area contributed by atoms with Crippen LogP contribution in [-0.2, 0) is 19.2 Å².